The molecule has 0 unspecified atom stereocenters. The van der Waals surface area contributed by atoms with Crippen molar-refractivity contribution in [1.29, 1.82) is 5.26 Å². The third-order valence-electron chi connectivity index (χ3n) is 1.37. The Morgan fingerprint density at radius 1 is 1.38 bits per heavy atom. The molecule has 2 nitrogen and oxygen atoms in total. The molecule has 0 radical (unpaired) electrons. The van der Waals surface area contributed by atoms with Gasteiger partial charge >= 0.3 is 0 Å². The number of benzene rings is 1. The Balaban J connectivity index is 3.10. The second-order valence-electron chi connectivity index (χ2n) is 2.24. The maximum atomic E-state index is 12.8. The molecule has 1 aromatic carbocycles. The molecule has 0 aliphatic rings. The maximum Gasteiger partial charge on any atom is 0.152 e. The molecule has 0 N–H and O–H groups in total. The van der Waals surface area contributed by atoms with Crippen molar-refractivity contribution in [3.63, 3.8) is 0 Å². The van der Waals surface area contributed by atoms with Crippen molar-refractivity contribution in [1.82, 2.24) is 0 Å². The van der Waals surface area contributed by atoms with Crippen molar-refractivity contribution < 1.29 is 9.13 Å². The predicted octanol–water partition coefficient (Wildman–Crippen LogP) is 1.71. The molecule has 0 aromatic heterocycles. The quantitative estimate of drug-likeness (QED) is 0.608. The minimum Gasteiger partial charge on any atom is -0.497 e. The van der Waals surface area contributed by atoms with E-state index in [0.717, 1.165) is 0 Å². The van der Waals surface area contributed by atoms with Crippen LogP contribution in [0.5, 0.6) is 5.75 Å². The molecule has 3 heteroatoms. The molecule has 0 saturated heterocycles. The Hall–Kier alpha value is -2.00. The average Bonchev–Trinajstić information content (AvgIpc) is 2.14. The summed E-state index contributed by atoms with van der Waals surface area (Å²) in [4.78, 5) is 0. The van der Waals surface area contributed by atoms with Crippen molar-refractivity contribution in [2.45, 2.75) is 0 Å². The Morgan fingerprint density at radius 3 is 2.77 bits per heavy atom. The van der Waals surface area contributed by atoms with Gasteiger partial charge in [-0.2, -0.15) is 5.26 Å². The van der Waals surface area contributed by atoms with Crippen molar-refractivity contribution in [3.8, 4) is 23.7 Å². The van der Waals surface area contributed by atoms with Crippen LogP contribution < -0.4 is 4.74 Å². The molecule has 0 saturated carbocycles. The van der Waals surface area contributed by atoms with Crippen molar-refractivity contribution in [2.75, 3.05) is 7.11 Å². The monoisotopic (exact) mass is 175 g/mol. The normalized spacial score (nSPS) is 8.08. The molecule has 0 fully saturated rings. The number of rotatable bonds is 1. The highest BCUT2D eigenvalue weighted by Crippen LogP contribution is 2.14. The van der Waals surface area contributed by atoms with E-state index in [1.165, 1.54) is 19.2 Å². The van der Waals surface area contributed by atoms with Gasteiger partial charge in [0.25, 0.3) is 0 Å². The van der Waals surface area contributed by atoms with Gasteiger partial charge in [0, 0.05) is 17.6 Å². The Labute approximate surface area is 75.6 Å². The predicted molar refractivity (Wildman–Crippen MR) is 45.4 cm³/mol. The molecule has 1 rings (SSSR count). The Kier molecular flexibility index (Phi) is 2.89. The van der Waals surface area contributed by atoms with E-state index >= 15 is 0 Å². The maximum absolute atomic E-state index is 12.8. The third-order valence-corrected chi connectivity index (χ3v) is 1.37. The van der Waals surface area contributed by atoms with Crippen LogP contribution in [0.15, 0.2) is 18.2 Å². The van der Waals surface area contributed by atoms with Gasteiger partial charge in [-0.05, 0) is 12.1 Å². The first-order chi connectivity index (χ1) is 6.26. The molecule has 64 valence electrons. The number of nitriles is 1. The van der Waals surface area contributed by atoms with E-state index in [4.69, 9.17) is 10.00 Å². The van der Waals surface area contributed by atoms with Gasteiger partial charge in [0.05, 0.1) is 7.11 Å². The molecule has 0 amide bonds. The fraction of sp³-hybridized carbons (Fsp3) is 0.100. The summed E-state index contributed by atoms with van der Waals surface area (Å²) in [5.74, 6) is 4.62. The summed E-state index contributed by atoms with van der Waals surface area (Å²) in [6.07, 6.45) is 0. The van der Waals surface area contributed by atoms with Crippen LogP contribution in [-0.4, -0.2) is 7.11 Å². The lowest BCUT2D eigenvalue weighted by molar-refractivity contribution is 0.411. The molecule has 0 bridgehead atoms. The first kappa shape index (κ1) is 9.09. The highest BCUT2D eigenvalue weighted by Gasteiger charge is 1.97. The molecular weight excluding hydrogens is 169 g/mol. The van der Waals surface area contributed by atoms with E-state index < -0.39 is 5.82 Å². The highest BCUT2D eigenvalue weighted by atomic mass is 19.1. The summed E-state index contributed by atoms with van der Waals surface area (Å²) in [7, 11) is 1.44. The van der Waals surface area contributed by atoms with Gasteiger partial charge in [-0.3, -0.25) is 0 Å². The zero-order valence-corrected chi connectivity index (χ0v) is 6.97. The second-order valence-corrected chi connectivity index (χ2v) is 2.24. The largest absolute Gasteiger partial charge is 0.497 e. The first-order valence-electron chi connectivity index (χ1n) is 3.51. The molecule has 13 heavy (non-hydrogen) atoms. The van der Waals surface area contributed by atoms with Crippen LogP contribution in [-0.2, 0) is 0 Å². The lowest BCUT2D eigenvalue weighted by atomic mass is 10.2. The van der Waals surface area contributed by atoms with Crippen LogP contribution in [0.1, 0.15) is 5.56 Å². The molecular formula is C10H6FNO. The van der Waals surface area contributed by atoms with Crippen molar-refractivity contribution in [2.24, 2.45) is 0 Å². The van der Waals surface area contributed by atoms with Crippen molar-refractivity contribution >= 4 is 0 Å². The summed E-state index contributed by atoms with van der Waals surface area (Å²) in [5.41, 5.74) is 0.429. The molecule has 0 heterocycles. The van der Waals surface area contributed by atoms with Gasteiger partial charge in [0.1, 0.15) is 11.6 Å². The van der Waals surface area contributed by atoms with Crippen LogP contribution in [0.3, 0.4) is 0 Å². The summed E-state index contributed by atoms with van der Waals surface area (Å²) >= 11 is 0. The number of hydrogen-bond donors (Lipinski definition) is 0. The average molecular weight is 175 g/mol. The molecule has 0 aliphatic heterocycles. The molecule has 0 aliphatic carbocycles. The fourth-order valence-corrected chi connectivity index (χ4v) is 0.853. The number of nitrogens with zero attached hydrogens (tertiary/aromatic N) is 1. The van der Waals surface area contributed by atoms with E-state index in [9.17, 15) is 4.39 Å². The SMILES string of the molecule is COc1cc(F)cc(C#CC#N)c1. The highest BCUT2D eigenvalue weighted by molar-refractivity contribution is 5.42. The van der Waals surface area contributed by atoms with E-state index in [1.807, 2.05) is 0 Å². The van der Waals surface area contributed by atoms with Gasteiger partial charge in [-0.25, -0.2) is 4.39 Å². The molecule has 1 aromatic rings. The molecule has 0 spiro atoms. The Bertz CT molecular complexity index is 409. The van der Waals surface area contributed by atoms with Crippen molar-refractivity contribution in [3.05, 3.63) is 29.6 Å². The fourth-order valence-electron chi connectivity index (χ4n) is 0.853. The number of halogens is 1. The Morgan fingerprint density at radius 2 is 2.15 bits per heavy atom. The molecule has 0 atom stereocenters. The van der Waals surface area contributed by atoms with Crippen LogP contribution in [0.25, 0.3) is 0 Å². The number of hydrogen-bond acceptors (Lipinski definition) is 2. The third kappa shape index (κ3) is 2.50. The zero-order chi connectivity index (χ0) is 9.68. The summed E-state index contributed by atoms with van der Waals surface area (Å²) < 4.78 is 17.6. The minimum absolute atomic E-state index is 0.391. The van der Waals surface area contributed by atoms with E-state index in [2.05, 4.69) is 11.8 Å². The number of methoxy groups -OCH3 is 1. The second kappa shape index (κ2) is 4.13. The standard InChI is InChI=1S/C10H6FNO/c1-13-10-6-8(3-2-4-12)5-9(11)7-10/h5-7H,1H3. The van der Waals surface area contributed by atoms with Gasteiger partial charge in [-0.15, -0.1) is 0 Å². The van der Waals surface area contributed by atoms with Crippen LogP contribution in [0.4, 0.5) is 4.39 Å². The van der Waals surface area contributed by atoms with Crippen LogP contribution in [0.2, 0.25) is 0 Å². The van der Waals surface area contributed by atoms with Gasteiger partial charge < -0.3 is 4.74 Å². The first-order valence-corrected chi connectivity index (χ1v) is 3.51. The van der Waals surface area contributed by atoms with Gasteiger partial charge in [-0.1, -0.05) is 5.92 Å². The zero-order valence-electron chi connectivity index (χ0n) is 6.97. The minimum atomic E-state index is -0.429. The summed E-state index contributed by atoms with van der Waals surface area (Å²) in [6.45, 7) is 0. The number of ether oxygens (including phenoxy) is 1. The smallest absolute Gasteiger partial charge is 0.152 e. The van der Waals surface area contributed by atoms with Gasteiger partial charge in [0.2, 0.25) is 0 Å². The lowest BCUT2D eigenvalue weighted by Crippen LogP contribution is -1.86. The van der Waals surface area contributed by atoms with E-state index in [-0.39, 0.29) is 0 Å². The van der Waals surface area contributed by atoms with Crippen LogP contribution >= 0.6 is 0 Å². The topological polar surface area (TPSA) is 33.0 Å². The van der Waals surface area contributed by atoms with E-state index in [0.29, 0.717) is 11.3 Å². The lowest BCUT2D eigenvalue weighted by Gasteiger charge is -1.99. The summed E-state index contributed by atoms with van der Waals surface area (Å²) in [5, 5.41) is 8.17. The van der Waals surface area contributed by atoms with Gasteiger partial charge in [0.15, 0.2) is 6.07 Å². The van der Waals surface area contributed by atoms with Crippen LogP contribution in [0, 0.1) is 29.0 Å². The summed E-state index contributed by atoms with van der Waals surface area (Å²) in [6, 6.07) is 5.70. The van der Waals surface area contributed by atoms with E-state index in [1.54, 1.807) is 12.1 Å².